The Balaban J connectivity index is 1.51. The molecule has 1 atom stereocenters. The molecule has 0 bridgehead atoms. The van der Waals surface area contributed by atoms with Crippen molar-refractivity contribution < 1.29 is 19.1 Å². The molecule has 1 amide bonds. The van der Waals surface area contributed by atoms with Gasteiger partial charge < -0.3 is 14.8 Å². The lowest BCUT2D eigenvalue weighted by molar-refractivity contribution is -0.155. The first-order valence-electron chi connectivity index (χ1n) is 9.09. The van der Waals surface area contributed by atoms with E-state index in [0.717, 1.165) is 10.8 Å². The molecule has 2 aromatic carbocycles. The van der Waals surface area contributed by atoms with Gasteiger partial charge in [-0.15, -0.1) is 0 Å². The third kappa shape index (κ3) is 4.68. The van der Waals surface area contributed by atoms with Gasteiger partial charge in [0.15, 0.2) is 12.7 Å². The summed E-state index contributed by atoms with van der Waals surface area (Å²) in [5.74, 6) is 0.0681. The number of nitrogens with one attached hydrogen (secondary N) is 1. The molecule has 0 saturated carbocycles. The number of esters is 1. The minimum atomic E-state index is -0.955. The van der Waals surface area contributed by atoms with E-state index in [9.17, 15) is 9.59 Å². The van der Waals surface area contributed by atoms with E-state index in [1.165, 1.54) is 6.92 Å². The summed E-state index contributed by atoms with van der Waals surface area (Å²) in [7, 11) is 0. The number of aromatic nitrogens is 2. The van der Waals surface area contributed by atoms with Crippen LogP contribution in [0, 0.1) is 0 Å². The van der Waals surface area contributed by atoms with E-state index in [0.29, 0.717) is 11.6 Å². The lowest BCUT2D eigenvalue weighted by Crippen LogP contribution is -2.32. The summed E-state index contributed by atoms with van der Waals surface area (Å²) in [4.78, 5) is 24.3. The van der Waals surface area contributed by atoms with E-state index in [4.69, 9.17) is 9.47 Å². The number of amides is 1. The van der Waals surface area contributed by atoms with E-state index in [-0.39, 0.29) is 12.6 Å². The molecule has 0 aliphatic rings. The van der Waals surface area contributed by atoms with Crippen LogP contribution in [0.25, 0.3) is 10.8 Å². The van der Waals surface area contributed by atoms with Gasteiger partial charge in [-0.2, -0.15) is 5.10 Å². The SMILES string of the molecule is CC(C)n1nccc1NC(=O)[C@H](C)OC(=O)COc1ccc2ccccc2c1. The molecule has 7 nitrogen and oxygen atoms in total. The average Bonchev–Trinajstić information content (AvgIpc) is 3.14. The number of carbonyl (C=O) groups is 2. The second-order valence-electron chi connectivity index (χ2n) is 6.67. The van der Waals surface area contributed by atoms with Crippen molar-refractivity contribution in [3.8, 4) is 5.75 Å². The predicted molar refractivity (Wildman–Crippen MR) is 106 cm³/mol. The van der Waals surface area contributed by atoms with Crippen LogP contribution >= 0.6 is 0 Å². The fourth-order valence-electron chi connectivity index (χ4n) is 2.74. The number of rotatable bonds is 7. The highest BCUT2D eigenvalue weighted by Gasteiger charge is 2.20. The highest BCUT2D eigenvalue weighted by molar-refractivity contribution is 5.94. The molecule has 0 radical (unpaired) electrons. The Morgan fingerprint density at radius 1 is 1.07 bits per heavy atom. The molecule has 7 heteroatoms. The molecular formula is C21H23N3O4. The largest absolute Gasteiger partial charge is 0.482 e. The first kappa shape index (κ1) is 19.4. The van der Waals surface area contributed by atoms with Crippen LogP contribution < -0.4 is 10.1 Å². The van der Waals surface area contributed by atoms with Crippen molar-refractivity contribution in [3.63, 3.8) is 0 Å². The quantitative estimate of drug-likeness (QED) is 0.633. The number of carbonyl (C=O) groups excluding carboxylic acids is 2. The average molecular weight is 381 g/mol. The van der Waals surface area contributed by atoms with Crippen LogP contribution in [0.4, 0.5) is 5.82 Å². The van der Waals surface area contributed by atoms with Gasteiger partial charge in [-0.3, -0.25) is 4.79 Å². The zero-order valence-corrected chi connectivity index (χ0v) is 16.1. The van der Waals surface area contributed by atoms with E-state index < -0.39 is 18.0 Å². The van der Waals surface area contributed by atoms with Gasteiger partial charge in [0, 0.05) is 12.1 Å². The highest BCUT2D eigenvalue weighted by Crippen LogP contribution is 2.20. The van der Waals surface area contributed by atoms with Crippen molar-refractivity contribution in [2.24, 2.45) is 0 Å². The second-order valence-corrected chi connectivity index (χ2v) is 6.67. The molecule has 0 unspecified atom stereocenters. The minimum Gasteiger partial charge on any atom is -0.482 e. The fourth-order valence-corrected chi connectivity index (χ4v) is 2.74. The third-order valence-electron chi connectivity index (χ3n) is 4.17. The molecule has 1 aromatic heterocycles. The Bertz CT molecular complexity index is 980. The van der Waals surface area contributed by atoms with Crippen molar-refractivity contribution >= 4 is 28.5 Å². The summed E-state index contributed by atoms with van der Waals surface area (Å²) < 4.78 is 12.3. The molecule has 0 fully saturated rings. The maximum atomic E-state index is 12.3. The normalized spacial score (nSPS) is 12.0. The maximum absolute atomic E-state index is 12.3. The summed E-state index contributed by atoms with van der Waals surface area (Å²) in [6.07, 6.45) is 0.646. The van der Waals surface area contributed by atoms with E-state index in [1.54, 1.807) is 23.0 Å². The van der Waals surface area contributed by atoms with Gasteiger partial charge in [-0.05, 0) is 43.7 Å². The predicted octanol–water partition coefficient (Wildman–Crippen LogP) is 3.57. The van der Waals surface area contributed by atoms with Gasteiger partial charge >= 0.3 is 5.97 Å². The molecule has 0 aliphatic carbocycles. The number of anilines is 1. The number of hydrogen-bond acceptors (Lipinski definition) is 5. The summed E-state index contributed by atoms with van der Waals surface area (Å²) in [5, 5.41) is 8.97. The van der Waals surface area contributed by atoms with Crippen LogP contribution in [0.5, 0.6) is 5.75 Å². The maximum Gasteiger partial charge on any atom is 0.344 e. The Labute approximate surface area is 163 Å². The van der Waals surface area contributed by atoms with Gasteiger partial charge in [0.25, 0.3) is 5.91 Å². The van der Waals surface area contributed by atoms with Crippen molar-refractivity contribution in [1.82, 2.24) is 9.78 Å². The van der Waals surface area contributed by atoms with Gasteiger partial charge in [0.05, 0.1) is 6.20 Å². The molecule has 1 N–H and O–H groups in total. The van der Waals surface area contributed by atoms with Crippen LogP contribution in [0.2, 0.25) is 0 Å². The van der Waals surface area contributed by atoms with Crippen molar-refractivity contribution in [2.75, 3.05) is 11.9 Å². The van der Waals surface area contributed by atoms with Gasteiger partial charge in [0.2, 0.25) is 0 Å². The minimum absolute atomic E-state index is 0.0958. The Hall–Kier alpha value is -3.35. The van der Waals surface area contributed by atoms with Crippen LogP contribution in [-0.2, 0) is 14.3 Å². The first-order valence-corrected chi connectivity index (χ1v) is 9.09. The second kappa shape index (κ2) is 8.56. The monoisotopic (exact) mass is 381 g/mol. The number of benzene rings is 2. The smallest absolute Gasteiger partial charge is 0.344 e. The fraction of sp³-hybridized carbons (Fsp3) is 0.286. The van der Waals surface area contributed by atoms with Crippen molar-refractivity contribution in [1.29, 1.82) is 0 Å². The zero-order valence-electron chi connectivity index (χ0n) is 16.1. The Kier molecular flexibility index (Phi) is 5.93. The summed E-state index contributed by atoms with van der Waals surface area (Å²) in [6.45, 7) is 5.14. The lowest BCUT2D eigenvalue weighted by Gasteiger charge is -2.16. The molecule has 0 saturated heterocycles. The highest BCUT2D eigenvalue weighted by atomic mass is 16.6. The summed E-state index contributed by atoms with van der Waals surface area (Å²) in [6, 6.07) is 15.2. The Morgan fingerprint density at radius 2 is 1.82 bits per heavy atom. The topological polar surface area (TPSA) is 82.5 Å². The molecule has 3 aromatic rings. The number of ether oxygens (including phenoxy) is 2. The van der Waals surface area contributed by atoms with E-state index in [1.807, 2.05) is 50.2 Å². The third-order valence-corrected chi connectivity index (χ3v) is 4.17. The van der Waals surface area contributed by atoms with Crippen LogP contribution in [0.1, 0.15) is 26.8 Å². The van der Waals surface area contributed by atoms with Crippen molar-refractivity contribution in [3.05, 3.63) is 54.7 Å². The van der Waals surface area contributed by atoms with Crippen molar-refractivity contribution in [2.45, 2.75) is 32.9 Å². The van der Waals surface area contributed by atoms with Crippen LogP contribution in [0.15, 0.2) is 54.7 Å². The Morgan fingerprint density at radius 3 is 2.57 bits per heavy atom. The molecule has 1 heterocycles. The lowest BCUT2D eigenvalue weighted by atomic mass is 10.1. The van der Waals surface area contributed by atoms with Gasteiger partial charge in [-0.1, -0.05) is 30.3 Å². The van der Waals surface area contributed by atoms with E-state index in [2.05, 4.69) is 10.4 Å². The van der Waals surface area contributed by atoms with E-state index >= 15 is 0 Å². The summed E-state index contributed by atoms with van der Waals surface area (Å²) >= 11 is 0. The number of fused-ring (bicyclic) bond motifs is 1. The number of nitrogens with zero attached hydrogens (tertiary/aromatic N) is 2. The number of hydrogen-bond donors (Lipinski definition) is 1. The van der Waals surface area contributed by atoms with Gasteiger partial charge in [0.1, 0.15) is 11.6 Å². The van der Waals surface area contributed by atoms with Crippen LogP contribution in [0.3, 0.4) is 0 Å². The molecule has 0 spiro atoms. The standard InChI is InChI=1S/C21H23N3O4/c1-14(2)24-19(10-11-22-24)23-21(26)15(3)28-20(25)13-27-18-9-8-16-6-4-5-7-17(16)12-18/h4-12,14-15H,13H2,1-3H3,(H,23,26)/t15-/m0/s1. The molecule has 3 rings (SSSR count). The molecule has 0 aliphatic heterocycles. The molecule has 146 valence electrons. The molecule has 28 heavy (non-hydrogen) atoms. The van der Waals surface area contributed by atoms with Gasteiger partial charge in [-0.25, -0.2) is 9.48 Å². The summed E-state index contributed by atoms with van der Waals surface area (Å²) in [5.41, 5.74) is 0. The zero-order chi connectivity index (χ0) is 20.1. The van der Waals surface area contributed by atoms with Crippen LogP contribution in [-0.4, -0.2) is 34.4 Å². The first-order chi connectivity index (χ1) is 13.4. The molecular weight excluding hydrogens is 358 g/mol.